The molecule has 0 saturated heterocycles. The zero-order chi connectivity index (χ0) is 17.4. The van der Waals surface area contributed by atoms with Crippen molar-refractivity contribution in [2.24, 2.45) is 4.99 Å². The number of rotatable bonds is 2. The maximum atomic E-state index is 12.2. The van der Waals surface area contributed by atoms with E-state index in [2.05, 4.69) is 9.98 Å². The van der Waals surface area contributed by atoms with Crippen LogP contribution in [0.5, 0.6) is 5.88 Å². The Hall–Kier alpha value is -2.44. The normalized spacial score (nSPS) is 15.5. The van der Waals surface area contributed by atoms with E-state index in [4.69, 9.17) is 23.8 Å². The third-order valence-corrected chi connectivity index (χ3v) is 4.15. The van der Waals surface area contributed by atoms with Gasteiger partial charge in [0, 0.05) is 10.7 Å². The van der Waals surface area contributed by atoms with Crippen LogP contribution in [0.15, 0.2) is 51.4 Å². The second kappa shape index (κ2) is 6.22. The summed E-state index contributed by atoms with van der Waals surface area (Å²) in [6, 6.07) is 6.77. The lowest BCUT2D eigenvalue weighted by atomic mass is 10.1. The van der Waals surface area contributed by atoms with Crippen molar-refractivity contribution in [3.63, 3.8) is 0 Å². The van der Waals surface area contributed by atoms with Gasteiger partial charge in [-0.15, -0.1) is 0 Å². The lowest BCUT2D eigenvalue weighted by Gasteiger charge is -2.11. The molecule has 0 radical (unpaired) electrons. The van der Waals surface area contributed by atoms with Gasteiger partial charge in [-0.1, -0.05) is 11.6 Å². The van der Waals surface area contributed by atoms with Gasteiger partial charge < -0.3 is 5.11 Å². The Bertz CT molecular complexity index is 1030. The first kappa shape index (κ1) is 16.4. The van der Waals surface area contributed by atoms with Crippen molar-refractivity contribution >= 4 is 35.6 Å². The topological polar surface area (TPSA) is 70.4 Å². The lowest BCUT2D eigenvalue weighted by Crippen LogP contribution is -2.16. The van der Waals surface area contributed by atoms with Gasteiger partial charge in [0.05, 0.1) is 11.4 Å². The number of aromatic amines is 1. The molecule has 0 fully saturated rings. The number of allylic oxidation sites excluding steroid dienone is 2. The summed E-state index contributed by atoms with van der Waals surface area (Å²) in [6.07, 6.45) is 3.46. The number of H-pyrrole nitrogens is 1. The summed E-state index contributed by atoms with van der Waals surface area (Å²) in [7, 11) is 0. The van der Waals surface area contributed by atoms with E-state index in [1.54, 1.807) is 30.3 Å². The third kappa shape index (κ3) is 2.98. The molecule has 7 heteroatoms. The summed E-state index contributed by atoms with van der Waals surface area (Å²) < 4.78 is 1.48. The molecule has 1 aromatic carbocycles. The Morgan fingerprint density at radius 3 is 2.54 bits per heavy atom. The Morgan fingerprint density at radius 2 is 1.96 bits per heavy atom. The molecule has 0 unspecified atom stereocenters. The number of halogens is 1. The summed E-state index contributed by atoms with van der Waals surface area (Å²) >= 11 is 11.1. The predicted molar refractivity (Wildman–Crippen MR) is 98.7 cm³/mol. The molecule has 0 aliphatic carbocycles. The van der Waals surface area contributed by atoms with Crippen molar-refractivity contribution in [2.75, 3.05) is 0 Å². The SMILES string of the molecule is CC1=CC(C)=NC1=Cc1c(O)n(-c2ccc(Cl)cc2)c(=S)[nH]c1=O. The monoisotopic (exact) mass is 359 g/mol. The van der Waals surface area contributed by atoms with Crippen LogP contribution in [-0.4, -0.2) is 20.4 Å². The van der Waals surface area contributed by atoms with E-state index in [0.29, 0.717) is 16.4 Å². The molecule has 24 heavy (non-hydrogen) atoms. The fraction of sp³-hybridized carbons (Fsp3) is 0.118. The van der Waals surface area contributed by atoms with Gasteiger partial charge in [0.15, 0.2) is 4.77 Å². The minimum absolute atomic E-state index is 0.0970. The number of aromatic nitrogens is 2. The number of aromatic hydroxyl groups is 1. The third-order valence-electron chi connectivity index (χ3n) is 3.61. The minimum Gasteiger partial charge on any atom is -0.494 e. The van der Waals surface area contributed by atoms with Gasteiger partial charge in [0.2, 0.25) is 5.88 Å². The highest BCUT2D eigenvalue weighted by molar-refractivity contribution is 7.71. The average Bonchev–Trinajstić information content (AvgIpc) is 2.83. The Morgan fingerprint density at radius 1 is 1.29 bits per heavy atom. The van der Waals surface area contributed by atoms with Gasteiger partial charge in [0.25, 0.3) is 5.56 Å². The maximum absolute atomic E-state index is 12.2. The molecule has 2 heterocycles. The zero-order valence-electron chi connectivity index (χ0n) is 13.0. The fourth-order valence-electron chi connectivity index (χ4n) is 2.48. The number of benzene rings is 1. The van der Waals surface area contributed by atoms with Crippen molar-refractivity contribution in [3.8, 4) is 11.6 Å². The fourth-order valence-corrected chi connectivity index (χ4v) is 2.89. The molecule has 122 valence electrons. The molecule has 0 amide bonds. The molecule has 0 atom stereocenters. The molecule has 2 N–H and O–H groups in total. The van der Waals surface area contributed by atoms with Crippen molar-refractivity contribution in [2.45, 2.75) is 13.8 Å². The molecular weight excluding hydrogens is 346 g/mol. The quantitative estimate of drug-likeness (QED) is 0.796. The highest BCUT2D eigenvalue weighted by atomic mass is 35.5. The molecule has 0 saturated carbocycles. The first-order chi connectivity index (χ1) is 11.4. The van der Waals surface area contributed by atoms with E-state index < -0.39 is 5.56 Å². The molecule has 1 aromatic heterocycles. The summed E-state index contributed by atoms with van der Waals surface area (Å²) in [4.78, 5) is 19.2. The summed E-state index contributed by atoms with van der Waals surface area (Å²) in [5, 5.41) is 11.2. The van der Waals surface area contributed by atoms with E-state index >= 15 is 0 Å². The average molecular weight is 360 g/mol. The number of hydrogen-bond acceptors (Lipinski definition) is 4. The van der Waals surface area contributed by atoms with Crippen molar-refractivity contribution < 1.29 is 5.11 Å². The van der Waals surface area contributed by atoms with Gasteiger partial charge in [-0.05, 0) is 68.1 Å². The van der Waals surface area contributed by atoms with E-state index in [0.717, 1.165) is 11.3 Å². The standard InChI is InChI=1S/C17H14ClN3O2S/c1-9-7-10(2)19-14(9)8-13-15(22)20-17(24)21(16(13)23)12-5-3-11(18)4-6-12/h3-8,23H,1-2H3,(H,20,22,24). The number of nitrogens with one attached hydrogen (secondary N) is 1. The molecule has 3 rings (SSSR count). The molecule has 1 aliphatic heterocycles. The van der Waals surface area contributed by atoms with Crippen LogP contribution >= 0.6 is 23.8 Å². The summed E-state index contributed by atoms with van der Waals surface area (Å²) in [5.41, 5.74) is 2.62. The van der Waals surface area contributed by atoms with Crippen LogP contribution < -0.4 is 5.56 Å². The summed E-state index contributed by atoms with van der Waals surface area (Å²) in [5.74, 6) is -0.244. The molecule has 1 aliphatic rings. The van der Waals surface area contributed by atoms with Crippen LogP contribution in [0.3, 0.4) is 0 Å². The summed E-state index contributed by atoms with van der Waals surface area (Å²) in [6.45, 7) is 3.76. The smallest absolute Gasteiger partial charge is 0.262 e. The molecule has 5 nitrogen and oxygen atoms in total. The molecule has 0 bridgehead atoms. The number of aliphatic imine (C=N–C) groups is 1. The van der Waals surface area contributed by atoms with Crippen LogP contribution in [0.4, 0.5) is 0 Å². The van der Waals surface area contributed by atoms with Gasteiger partial charge >= 0.3 is 0 Å². The van der Waals surface area contributed by atoms with Crippen LogP contribution in [0.25, 0.3) is 11.8 Å². The van der Waals surface area contributed by atoms with Crippen LogP contribution in [0.1, 0.15) is 19.4 Å². The van der Waals surface area contributed by atoms with Crippen molar-refractivity contribution in [1.82, 2.24) is 9.55 Å². The maximum Gasteiger partial charge on any atom is 0.262 e. The van der Waals surface area contributed by atoms with Crippen molar-refractivity contribution in [1.29, 1.82) is 0 Å². The second-order valence-corrected chi connectivity index (χ2v) is 6.24. The molecule has 2 aromatic rings. The van der Waals surface area contributed by atoms with Gasteiger partial charge in [-0.25, -0.2) is 0 Å². The van der Waals surface area contributed by atoms with E-state index in [-0.39, 0.29) is 16.2 Å². The highest BCUT2D eigenvalue weighted by Crippen LogP contribution is 2.26. The number of nitrogens with zero attached hydrogens (tertiary/aromatic N) is 2. The minimum atomic E-state index is -0.470. The van der Waals surface area contributed by atoms with Crippen LogP contribution in [0.2, 0.25) is 5.02 Å². The van der Waals surface area contributed by atoms with Crippen LogP contribution in [-0.2, 0) is 0 Å². The first-order valence-electron chi connectivity index (χ1n) is 7.16. The zero-order valence-corrected chi connectivity index (χ0v) is 14.6. The molecular formula is C17H14ClN3O2S. The van der Waals surface area contributed by atoms with E-state index in [1.807, 2.05) is 19.9 Å². The van der Waals surface area contributed by atoms with E-state index in [1.165, 1.54) is 4.57 Å². The van der Waals surface area contributed by atoms with Gasteiger partial charge in [0.1, 0.15) is 5.56 Å². The van der Waals surface area contributed by atoms with Gasteiger partial charge in [-0.2, -0.15) is 0 Å². The first-order valence-corrected chi connectivity index (χ1v) is 7.95. The van der Waals surface area contributed by atoms with Crippen LogP contribution in [0, 0.1) is 4.77 Å². The number of hydrogen-bond donors (Lipinski definition) is 2. The van der Waals surface area contributed by atoms with E-state index in [9.17, 15) is 9.90 Å². The second-order valence-electron chi connectivity index (χ2n) is 5.42. The molecule has 0 spiro atoms. The lowest BCUT2D eigenvalue weighted by molar-refractivity contribution is 0.432. The largest absolute Gasteiger partial charge is 0.494 e. The Balaban J connectivity index is 2.23. The van der Waals surface area contributed by atoms with Gasteiger partial charge in [-0.3, -0.25) is 19.3 Å². The van der Waals surface area contributed by atoms with Crippen molar-refractivity contribution in [3.05, 3.63) is 67.3 Å². The predicted octanol–water partition coefficient (Wildman–Crippen LogP) is 4.02. The Labute approximate surface area is 148 Å². The highest BCUT2D eigenvalue weighted by Gasteiger charge is 2.15. The Kier molecular flexibility index (Phi) is 4.26.